The van der Waals surface area contributed by atoms with Crippen molar-refractivity contribution >= 4 is 37.9 Å². The second kappa shape index (κ2) is 19.7. The molecule has 0 saturated heterocycles. The zero-order chi connectivity index (χ0) is 22.6. The molecule has 0 aliphatic heterocycles. The Kier molecular flexibility index (Phi) is 18.9. The topological polar surface area (TPSA) is 115 Å². The van der Waals surface area contributed by atoms with Gasteiger partial charge in [-0.1, -0.05) is 30.3 Å². The molecule has 5 N–H and O–H groups in total. The maximum Gasteiger partial charge on any atom is 0.236 e. The monoisotopic (exact) mass is 616 g/mol. The van der Waals surface area contributed by atoms with Crippen LogP contribution >= 0.6 is 0 Å². The van der Waals surface area contributed by atoms with Crippen molar-refractivity contribution in [3.8, 4) is 0 Å². The van der Waals surface area contributed by atoms with Crippen molar-refractivity contribution in [3.05, 3.63) is 35.9 Å². The van der Waals surface area contributed by atoms with E-state index in [0.717, 1.165) is 51.9 Å². The van der Waals surface area contributed by atoms with Gasteiger partial charge in [-0.05, 0) is 32.3 Å². The molecule has 1 aromatic carbocycles. The number of guanidine groups is 1. The van der Waals surface area contributed by atoms with E-state index in [2.05, 4.69) is 27.2 Å². The Morgan fingerprint density at radius 3 is 2.33 bits per heavy atom. The molecule has 0 aliphatic carbocycles. The van der Waals surface area contributed by atoms with Crippen LogP contribution in [-0.4, -0.2) is 88.5 Å². The molecule has 30 heavy (non-hydrogen) atoms. The first-order valence-corrected chi connectivity index (χ1v) is 12.4. The number of aliphatic imine (C=N–C) groups is 1. The number of rotatable bonds is 13. The van der Waals surface area contributed by atoms with Gasteiger partial charge in [0.05, 0.1) is 13.1 Å². The fourth-order valence-electron chi connectivity index (χ4n) is 2.54. The van der Waals surface area contributed by atoms with Crippen LogP contribution < -0.4 is 14.6 Å². The molecule has 3 radical (unpaired) electrons. The molecule has 1 aromatic rings. The molecule has 1 amide bonds. The molecule has 0 bridgehead atoms. The summed E-state index contributed by atoms with van der Waals surface area (Å²) in [5, 5.41) is 0. The number of nitrogens with zero attached hydrogens (tertiary/aromatic N) is 2. The molecule has 1 rings (SSSR count). The van der Waals surface area contributed by atoms with Gasteiger partial charge in [0.15, 0.2) is 6.29 Å². The molecule has 169 valence electrons. The number of benzene rings is 1. The van der Waals surface area contributed by atoms with E-state index in [4.69, 9.17) is 20.9 Å². The first-order chi connectivity index (χ1) is 14.5. The number of nitrogens with two attached hydrogens (primary N) is 2. The number of aryl methyl sites for hydroxylation is 1. The fourth-order valence-corrected chi connectivity index (χ4v) is 2.85. The maximum absolute atomic E-state index is 12.0. The van der Waals surface area contributed by atoms with E-state index in [-0.39, 0.29) is 18.7 Å². The number of carbonyl (C=O) groups is 1. The van der Waals surface area contributed by atoms with Gasteiger partial charge < -0.3 is 20.1 Å². The molecule has 8 nitrogen and oxygen atoms in total. The van der Waals surface area contributed by atoms with Gasteiger partial charge >= 0.3 is 65.8 Å². The van der Waals surface area contributed by atoms with Crippen LogP contribution in [0.15, 0.2) is 35.3 Å². The maximum atomic E-state index is 12.0. The van der Waals surface area contributed by atoms with E-state index in [0.29, 0.717) is 32.3 Å². The Morgan fingerprint density at radius 1 is 1.20 bits per heavy atom. The fraction of sp³-hybridized carbons (Fsp3) is 0.619. The smallest absolute Gasteiger partial charge is 0.236 e. The third-order valence-electron chi connectivity index (χ3n) is 3.97. The summed E-state index contributed by atoms with van der Waals surface area (Å²) in [5.74, 6) is 0.510. The average Bonchev–Trinajstić information content (AvgIpc) is 2.77. The zero-order valence-electron chi connectivity index (χ0n) is 18.6. The van der Waals surface area contributed by atoms with Gasteiger partial charge in [0.25, 0.3) is 0 Å². The van der Waals surface area contributed by atoms with Gasteiger partial charge in [0.1, 0.15) is 0 Å². The van der Waals surface area contributed by atoms with E-state index in [9.17, 15) is 4.79 Å². The largest absolute Gasteiger partial charge is 0.351 e. The Labute approximate surface area is 197 Å². The standard InChI is InChI=1S/C17H28N2O3.C4H10N3.Pb/c1-3-21-17(22-4-2)14-19(16(20)13-18)12-8-11-15-9-6-5-7-10-15;1-2-3-7-4(5)6;/h5-7,9-10,17H,3-4,8,11-14,18H2,1-2H3;2-3H2,1H3,(H3-,5,6,7);/q;-1;+1. The third-order valence-corrected chi connectivity index (χ3v) is 4.97. The summed E-state index contributed by atoms with van der Waals surface area (Å²) < 4.78 is 13.9. The molecule has 0 heterocycles. The molecule has 0 saturated carbocycles. The predicted octanol–water partition coefficient (Wildman–Crippen LogP) is 1.19. The van der Waals surface area contributed by atoms with Gasteiger partial charge in [-0.2, -0.15) is 0 Å². The SMILES string of the molecule is CCCN=C(N)[NH][Pb].CCOC(CN(CCCc1ccccc1)C(=O)CN)OCC. The van der Waals surface area contributed by atoms with E-state index in [1.54, 1.807) is 4.90 Å². The second-order valence-corrected chi connectivity index (χ2v) is 7.34. The Hall–Kier alpha value is -1.24. The summed E-state index contributed by atoms with van der Waals surface area (Å²) in [6, 6.07) is 10.2. The van der Waals surface area contributed by atoms with Crippen LogP contribution in [0.1, 0.15) is 39.2 Å². The molecule has 0 atom stereocenters. The molecule has 0 aromatic heterocycles. The summed E-state index contributed by atoms with van der Waals surface area (Å²) >= 11 is 0.884. The van der Waals surface area contributed by atoms with Crippen molar-refractivity contribution in [2.45, 2.75) is 46.3 Å². The molecular weight excluding hydrogens is 577 g/mol. The molecule has 0 spiro atoms. The van der Waals surface area contributed by atoms with Crippen molar-refractivity contribution in [1.82, 2.24) is 8.03 Å². The number of hydrogen-bond donors (Lipinski definition) is 3. The molecule has 9 heteroatoms. The normalized spacial score (nSPS) is 11.1. The summed E-state index contributed by atoms with van der Waals surface area (Å²) in [7, 11) is 0. The van der Waals surface area contributed by atoms with E-state index in [1.165, 1.54) is 5.56 Å². The van der Waals surface area contributed by atoms with Crippen LogP contribution in [0.4, 0.5) is 0 Å². The minimum Gasteiger partial charge on any atom is -0.351 e. The van der Waals surface area contributed by atoms with Gasteiger partial charge in [-0.15, -0.1) is 0 Å². The number of carbonyl (C=O) groups excluding carboxylic acids is 1. The minimum absolute atomic E-state index is 0.0102. The van der Waals surface area contributed by atoms with Crippen molar-refractivity contribution in [3.63, 3.8) is 0 Å². The first kappa shape index (κ1) is 28.8. The van der Waals surface area contributed by atoms with Crippen molar-refractivity contribution in [2.24, 2.45) is 16.5 Å². The van der Waals surface area contributed by atoms with Gasteiger partial charge in [0.2, 0.25) is 5.91 Å². The van der Waals surface area contributed by atoms with E-state index < -0.39 is 0 Å². The average molecular weight is 616 g/mol. The molecule has 0 unspecified atom stereocenters. The molecule has 0 aliphatic rings. The minimum atomic E-state index is -0.387. The Balaban J connectivity index is 0.000000890. The van der Waals surface area contributed by atoms with E-state index >= 15 is 0 Å². The van der Waals surface area contributed by atoms with Gasteiger partial charge in [-0.3, -0.25) is 4.79 Å². The van der Waals surface area contributed by atoms with Gasteiger partial charge in [0, 0.05) is 19.8 Å². The van der Waals surface area contributed by atoms with Crippen LogP contribution in [0.5, 0.6) is 0 Å². The van der Waals surface area contributed by atoms with Crippen LogP contribution in [0.3, 0.4) is 0 Å². The van der Waals surface area contributed by atoms with E-state index in [1.807, 2.05) is 32.0 Å². The zero-order valence-corrected chi connectivity index (χ0v) is 22.5. The van der Waals surface area contributed by atoms with Crippen molar-refractivity contribution in [2.75, 3.05) is 39.4 Å². The predicted molar refractivity (Wildman–Crippen MR) is 123 cm³/mol. The number of ether oxygens (including phenoxy) is 2. The second-order valence-electron chi connectivity index (χ2n) is 6.37. The van der Waals surface area contributed by atoms with Crippen molar-refractivity contribution in [1.29, 1.82) is 0 Å². The van der Waals surface area contributed by atoms with Crippen LogP contribution in [0.25, 0.3) is 0 Å². The Morgan fingerprint density at radius 2 is 1.83 bits per heavy atom. The number of nitrogens with one attached hydrogen (secondary N) is 1. The van der Waals surface area contributed by atoms with Crippen LogP contribution in [0.2, 0.25) is 0 Å². The summed E-state index contributed by atoms with van der Waals surface area (Å²) in [5.41, 5.74) is 12.1. The van der Waals surface area contributed by atoms with Crippen molar-refractivity contribution < 1.29 is 14.3 Å². The summed E-state index contributed by atoms with van der Waals surface area (Å²) in [6.45, 7) is 8.93. The van der Waals surface area contributed by atoms with Crippen LogP contribution in [-0.2, 0) is 20.7 Å². The van der Waals surface area contributed by atoms with Gasteiger partial charge in [-0.25, -0.2) is 0 Å². The van der Waals surface area contributed by atoms with Crippen LogP contribution in [0, 0.1) is 0 Å². The summed E-state index contributed by atoms with van der Waals surface area (Å²) in [4.78, 5) is 17.7. The summed E-state index contributed by atoms with van der Waals surface area (Å²) in [6.07, 6.45) is 2.50. The Bertz CT molecular complexity index is 569. The quantitative estimate of drug-likeness (QED) is 0.133. The molecular formula is C21H38N5O3Pb. The third kappa shape index (κ3) is 14.7. The first-order valence-electron chi connectivity index (χ1n) is 10.5. The molecule has 0 fully saturated rings. The number of amides is 1. The number of hydrogen-bond acceptors (Lipinski definition) is 5.